The summed E-state index contributed by atoms with van der Waals surface area (Å²) < 4.78 is 172. The van der Waals surface area contributed by atoms with Gasteiger partial charge in [-0.25, -0.2) is 8.78 Å². The monoisotopic (exact) mass is 518 g/mol. The highest BCUT2D eigenvalue weighted by atomic mass is 32.2. The van der Waals surface area contributed by atoms with Crippen LogP contribution in [0.1, 0.15) is 6.42 Å². The highest BCUT2D eigenvalue weighted by molar-refractivity contribution is 8.00. The number of methoxy groups -OCH3 is 1. The average Bonchev–Trinajstić information content (AvgIpc) is 2.58. The summed E-state index contributed by atoms with van der Waals surface area (Å²) in [7, 11) is -1.59. The minimum atomic E-state index is -7.56. The number of alkyl halides is 12. The largest absolute Gasteiger partial charge is 0.547 e. The molecular formula is C15H18F12O2SSi. The van der Waals surface area contributed by atoms with Crippen LogP contribution >= 0.6 is 11.8 Å². The Hall–Kier alpha value is -0.773. The Morgan fingerprint density at radius 2 is 1.39 bits per heavy atom. The fourth-order valence-corrected chi connectivity index (χ4v) is 4.57. The maximum absolute atomic E-state index is 14.5. The number of hydrogen-bond acceptors (Lipinski definition) is 3. The zero-order chi connectivity index (χ0) is 24.8. The van der Waals surface area contributed by atoms with Crippen LogP contribution in [-0.4, -0.2) is 62.2 Å². The topological polar surface area (TPSA) is 18.5 Å². The van der Waals surface area contributed by atoms with Gasteiger partial charge < -0.3 is 9.16 Å². The maximum Gasteiger partial charge on any atom is 0.384 e. The zero-order valence-electron chi connectivity index (χ0n) is 16.3. The number of hydrogen-bond donors (Lipinski definition) is 0. The van der Waals surface area contributed by atoms with Crippen LogP contribution in [0, 0.1) is 0 Å². The number of rotatable bonds is 9. The summed E-state index contributed by atoms with van der Waals surface area (Å²) in [5.74, 6) is -35.7. The number of halogens is 12. The van der Waals surface area contributed by atoms with E-state index in [1.807, 2.05) is 0 Å². The van der Waals surface area contributed by atoms with E-state index in [4.69, 9.17) is 9.16 Å². The normalized spacial score (nSPS) is 22.5. The van der Waals surface area contributed by atoms with Crippen molar-refractivity contribution in [1.29, 1.82) is 0 Å². The van der Waals surface area contributed by atoms with Crippen molar-refractivity contribution < 1.29 is 61.8 Å². The van der Waals surface area contributed by atoms with Crippen molar-refractivity contribution in [3.8, 4) is 0 Å². The molecule has 0 aromatic rings. The van der Waals surface area contributed by atoms with Crippen LogP contribution in [0.4, 0.5) is 52.7 Å². The summed E-state index contributed by atoms with van der Waals surface area (Å²) in [6, 6.07) is 0. The van der Waals surface area contributed by atoms with Crippen molar-refractivity contribution in [3.63, 3.8) is 0 Å². The van der Waals surface area contributed by atoms with Gasteiger partial charge in [0, 0.05) is 13.5 Å². The molecule has 0 bridgehead atoms. The summed E-state index contributed by atoms with van der Waals surface area (Å²) in [6.07, 6.45) is -5.51. The van der Waals surface area contributed by atoms with Crippen LogP contribution < -0.4 is 0 Å². The standard InChI is InChI=1S/C15H18F12O2SSi/c1-28-9-6-7(29-31(2,3)4)5-8(30-9)11(18,19)13(22,23)15(26,27)14(24,25)12(20,21)10(16)17/h5,8-10H,6H2,1-4H3. The lowest BCUT2D eigenvalue weighted by atomic mass is 9.92. The molecule has 1 aliphatic rings. The molecule has 0 fully saturated rings. The Bertz CT molecular complexity index is 677. The Morgan fingerprint density at radius 1 is 0.903 bits per heavy atom. The molecule has 31 heavy (non-hydrogen) atoms. The van der Waals surface area contributed by atoms with E-state index in [0.29, 0.717) is 0 Å². The molecule has 1 rings (SSSR count). The van der Waals surface area contributed by atoms with Gasteiger partial charge in [0.15, 0.2) is 0 Å². The molecule has 0 N–H and O–H groups in total. The van der Waals surface area contributed by atoms with Gasteiger partial charge in [-0.2, -0.15) is 43.9 Å². The fourth-order valence-electron chi connectivity index (χ4n) is 2.38. The van der Waals surface area contributed by atoms with Crippen LogP contribution in [0.5, 0.6) is 0 Å². The molecule has 0 amide bonds. The molecule has 0 saturated heterocycles. The molecule has 1 aliphatic heterocycles. The molecule has 16 heteroatoms. The Kier molecular flexibility index (Phi) is 7.78. The first-order valence-electron chi connectivity index (χ1n) is 8.31. The molecule has 0 aliphatic carbocycles. The Balaban J connectivity index is 3.49. The molecule has 0 aromatic heterocycles. The average molecular weight is 518 g/mol. The predicted octanol–water partition coefficient (Wildman–Crippen LogP) is 6.64. The van der Waals surface area contributed by atoms with E-state index in [0.717, 1.165) is 7.11 Å². The summed E-state index contributed by atoms with van der Waals surface area (Å²) in [5, 5.41) is -2.99. The van der Waals surface area contributed by atoms with E-state index < -0.39 is 55.0 Å². The second-order valence-corrected chi connectivity index (χ2v) is 13.3. The molecule has 0 spiro atoms. The van der Waals surface area contributed by atoms with Crippen molar-refractivity contribution in [2.75, 3.05) is 7.11 Å². The fraction of sp³-hybridized carbons (Fsp3) is 0.867. The van der Waals surface area contributed by atoms with Crippen LogP contribution in [0.3, 0.4) is 0 Å². The highest BCUT2D eigenvalue weighted by Gasteiger charge is 2.88. The van der Waals surface area contributed by atoms with Crippen LogP contribution in [0.15, 0.2) is 11.8 Å². The van der Waals surface area contributed by atoms with Crippen LogP contribution in [-0.2, 0) is 9.16 Å². The lowest BCUT2D eigenvalue weighted by Gasteiger charge is -2.42. The summed E-state index contributed by atoms with van der Waals surface area (Å²) in [4.78, 5) is 0. The summed E-state index contributed by atoms with van der Waals surface area (Å²) >= 11 is -0.171. The minimum absolute atomic E-state index is 0.171. The number of thioether (sulfide) groups is 1. The zero-order valence-corrected chi connectivity index (χ0v) is 18.1. The van der Waals surface area contributed by atoms with Gasteiger partial charge in [0.25, 0.3) is 0 Å². The minimum Gasteiger partial charge on any atom is -0.547 e. The van der Waals surface area contributed by atoms with E-state index in [-0.39, 0.29) is 30.0 Å². The SMILES string of the molecule is COC1CC(O[Si](C)(C)C)=CC(C(F)(F)C(F)(F)C(F)(F)C(F)(F)C(F)(F)C(F)F)S1. The van der Waals surface area contributed by atoms with Crippen molar-refractivity contribution in [1.82, 2.24) is 0 Å². The Labute approximate surface area is 174 Å². The summed E-state index contributed by atoms with van der Waals surface area (Å²) in [6.45, 7) is 4.67. The molecule has 1 heterocycles. The molecule has 0 radical (unpaired) electrons. The first-order chi connectivity index (χ1) is 13.6. The van der Waals surface area contributed by atoms with Crippen LogP contribution in [0.25, 0.3) is 0 Å². The third-order valence-corrected chi connectivity index (χ3v) is 6.22. The third-order valence-electron chi connectivity index (χ3n) is 3.96. The van der Waals surface area contributed by atoms with E-state index in [1.54, 1.807) is 19.6 Å². The molecule has 2 unspecified atom stereocenters. The van der Waals surface area contributed by atoms with Gasteiger partial charge >= 0.3 is 36.0 Å². The summed E-state index contributed by atoms with van der Waals surface area (Å²) in [5.41, 5.74) is -1.36. The highest BCUT2D eigenvalue weighted by Crippen LogP contribution is 2.60. The lowest BCUT2D eigenvalue weighted by Crippen LogP contribution is -2.70. The smallest absolute Gasteiger partial charge is 0.384 e. The van der Waals surface area contributed by atoms with E-state index in [1.165, 1.54) is 0 Å². The lowest BCUT2D eigenvalue weighted by molar-refractivity contribution is -0.411. The van der Waals surface area contributed by atoms with Gasteiger partial charge in [-0.15, -0.1) is 11.8 Å². The third kappa shape index (κ3) is 4.94. The van der Waals surface area contributed by atoms with Crippen molar-refractivity contribution >= 4 is 20.1 Å². The second kappa shape index (κ2) is 8.54. The first-order valence-corrected chi connectivity index (χ1v) is 12.7. The Morgan fingerprint density at radius 3 is 1.77 bits per heavy atom. The van der Waals surface area contributed by atoms with Crippen molar-refractivity contribution in [2.24, 2.45) is 0 Å². The quantitative estimate of drug-likeness (QED) is 0.252. The molecular weight excluding hydrogens is 500 g/mol. The van der Waals surface area contributed by atoms with Gasteiger partial charge in [0.05, 0.1) is 11.0 Å². The molecule has 0 aromatic carbocycles. The molecule has 0 saturated carbocycles. The first kappa shape index (κ1) is 28.3. The van der Waals surface area contributed by atoms with E-state index in [2.05, 4.69) is 0 Å². The number of ether oxygens (including phenoxy) is 1. The second-order valence-electron chi connectivity index (χ2n) is 7.54. The van der Waals surface area contributed by atoms with Gasteiger partial charge in [-0.1, -0.05) is 0 Å². The predicted molar refractivity (Wildman–Crippen MR) is 90.0 cm³/mol. The maximum atomic E-state index is 14.5. The van der Waals surface area contributed by atoms with Gasteiger partial charge in [0.1, 0.15) is 5.44 Å². The van der Waals surface area contributed by atoms with Gasteiger partial charge in [0.2, 0.25) is 8.32 Å². The van der Waals surface area contributed by atoms with E-state index >= 15 is 0 Å². The molecule has 184 valence electrons. The van der Waals surface area contributed by atoms with Crippen molar-refractivity contribution in [2.45, 2.75) is 72.8 Å². The van der Waals surface area contributed by atoms with Gasteiger partial charge in [-0.05, 0) is 25.7 Å². The van der Waals surface area contributed by atoms with Gasteiger partial charge in [-0.3, -0.25) is 0 Å². The van der Waals surface area contributed by atoms with E-state index in [9.17, 15) is 52.7 Å². The van der Waals surface area contributed by atoms with Crippen LogP contribution in [0.2, 0.25) is 19.6 Å². The molecule has 2 atom stereocenters. The van der Waals surface area contributed by atoms with Crippen molar-refractivity contribution in [3.05, 3.63) is 11.8 Å². The molecule has 2 nitrogen and oxygen atoms in total.